The van der Waals surface area contributed by atoms with Crippen molar-refractivity contribution >= 4 is 40.5 Å². The number of carbonyl (C=O) groups is 1. The Kier molecular flexibility index (Phi) is 5.00. The summed E-state index contributed by atoms with van der Waals surface area (Å²) in [5.74, 6) is -0.0476. The molecule has 1 fully saturated rings. The molecule has 1 aliphatic rings. The Hall–Kier alpha value is -1.82. The molecule has 3 rings (SSSR count). The molecule has 1 amide bonds. The monoisotopic (exact) mass is 351 g/mol. The predicted molar refractivity (Wildman–Crippen MR) is 90.7 cm³/mol. The average Bonchev–Trinajstić information content (AvgIpc) is 2.54. The Morgan fingerprint density at radius 2 is 1.74 bits per heavy atom. The molecule has 1 aromatic carbocycles. The van der Waals surface area contributed by atoms with Crippen LogP contribution in [0.1, 0.15) is 10.4 Å². The molecule has 1 N–H and O–H groups in total. The first-order valence-electron chi connectivity index (χ1n) is 7.17. The van der Waals surface area contributed by atoms with E-state index in [9.17, 15) is 4.79 Å². The molecule has 0 spiro atoms. The maximum Gasteiger partial charge on any atom is 0.255 e. The van der Waals surface area contributed by atoms with Crippen LogP contribution in [0.5, 0.6) is 0 Å². The molecule has 0 aliphatic carbocycles. The third-order valence-electron chi connectivity index (χ3n) is 3.43. The molecule has 0 atom stereocenters. The zero-order valence-electron chi connectivity index (χ0n) is 12.3. The van der Waals surface area contributed by atoms with E-state index in [1.165, 1.54) is 0 Å². The van der Waals surface area contributed by atoms with Gasteiger partial charge < -0.3 is 15.0 Å². The number of pyridine rings is 1. The minimum Gasteiger partial charge on any atom is -0.378 e. The van der Waals surface area contributed by atoms with E-state index in [1.807, 2.05) is 0 Å². The van der Waals surface area contributed by atoms with Crippen molar-refractivity contribution in [3.05, 3.63) is 52.3 Å². The van der Waals surface area contributed by atoms with Gasteiger partial charge in [-0.05, 0) is 24.3 Å². The third kappa shape index (κ3) is 4.13. The lowest BCUT2D eigenvalue weighted by Gasteiger charge is -2.26. The first-order valence-corrected chi connectivity index (χ1v) is 7.92. The standard InChI is InChI=1S/C16H15Cl2N3O2/c17-12-6-13(18)8-14(7-12)20-15-5-11(9-19-10-15)16(22)21-1-3-23-4-2-21/h5-10,20H,1-4H2. The van der Waals surface area contributed by atoms with E-state index in [0.717, 1.165) is 5.69 Å². The fourth-order valence-corrected chi connectivity index (χ4v) is 2.89. The topological polar surface area (TPSA) is 54.5 Å². The second-order valence-electron chi connectivity index (χ2n) is 5.15. The predicted octanol–water partition coefficient (Wildman–Crippen LogP) is 3.60. The van der Waals surface area contributed by atoms with Crippen LogP contribution in [0.4, 0.5) is 11.4 Å². The number of hydrogen-bond acceptors (Lipinski definition) is 4. The molecule has 7 heteroatoms. The van der Waals surface area contributed by atoms with Crippen LogP contribution in [0.25, 0.3) is 0 Å². The Labute approximate surface area is 144 Å². The van der Waals surface area contributed by atoms with Crippen molar-refractivity contribution in [1.82, 2.24) is 9.88 Å². The molecule has 0 saturated carbocycles. The zero-order valence-corrected chi connectivity index (χ0v) is 13.8. The second-order valence-corrected chi connectivity index (χ2v) is 6.02. The van der Waals surface area contributed by atoms with Gasteiger partial charge in [-0.2, -0.15) is 0 Å². The molecule has 0 unspecified atom stereocenters. The number of amides is 1. The van der Waals surface area contributed by atoms with Gasteiger partial charge >= 0.3 is 0 Å². The largest absolute Gasteiger partial charge is 0.378 e. The summed E-state index contributed by atoms with van der Waals surface area (Å²) in [6, 6.07) is 6.93. The van der Waals surface area contributed by atoms with E-state index in [-0.39, 0.29) is 5.91 Å². The molecule has 2 heterocycles. The molecule has 1 aromatic heterocycles. The van der Waals surface area contributed by atoms with E-state index in [4.69, 9.17) is 27.9 Å². The van der Waals surface area contributed by atoms with Crippen molar-refractivity contribution in [2.45, 2.75) is 0 Å². The molecule has 5 nitrogen and oxygen atoms in total. The highest BCUT2D eigenvalue weighted by atomic mass is 35.5. The Morgan fingerprint density at radius 3 is 2.43 bits per heavy atom. The van der Waals surface area contributed by atoms with Gasteiger partial charge in [-0.25, -0.2) is 0 Å². The maximum atomic E-state index is 12.5. The summed E-state index contributed by atoms with van der Waals surface area (Å²) in [6.45, 7) is 2.33. The number of morpholine rings is 1. The highest BCUT2D eigenvalue weighted by molar-refractivity contribution is 6.35. The number of hydrogen-bond donors (Lipinski definition) is 1. The average molecular weight is 352 g/mol. The second kappa shape index (κ2) is 7.17. The minimum absolute atomic E-state index is 0.0476. The van der Waals surface area contributed by atoms with Crippen LogP contribution < -0.4 is 5.32 Å². The summed E-state index contributed by atoms with van der Waals surface area (Å²) in [5, 5.41) is 4.23. The molecule has 1 saturated heterocycles. The van der Waals surface area contributed by atoms with Crippen LogP contribution in [0.2, 0.25) is 10.0 Å². The van der Waals surface area contributed by atoms with Crippen molar-refractivity contribution in [3.8, 4) is 0 Å². The number of benzene rings is 1. The van der Waals surface area contributed by atoms with E-state index in [0.29, 0.717) is 47.6 Å². The Bertz CT molecular complexity index is 698. The highest BCUT2D eigenvalue weighted by Crippen LogP contribution is 2.25. The lowest BCUT2D eigenvalue weighted by atomic mass is 10.2. The lowest BCUT2D eigenvalue weighted by Crippen LogP contribution is -2.40. The van der Waals surface area contributed by atoms with Gasteiger partial charge in [0.15, 0.2) is 0 Å². The van der Waals surface area contributed by atoms with Gasteiger partial charge in [0.05, 0.1) is 30.7 Å². The highest BCUT2D eigenvalue weighted by Gasteiger charge is 2.19. The van der Waals surface area contributed by atoms with Gasteiger partial charge in [-0.1, -0.05) is 23.2 Å². The van der Waals surface area contributed by atoms with Crippen LogP contribution in [0, 0.1) is 0 Å². The number of aromatic nitrogens is 1. The SMILES string of the molecule is O=C(c1cncc(Nc2cc(Cl)cc(Cl)c2)c1)N1CCOCC1. The Balaban J connectivity index is 1.77. The fourth-order valence-electron chi connectivity index (χ4n) is 2.37. The van der Waals surface area contributed by atoms with E-state index < -0.39 is 0 Å². The number of halogens is 2. The summed E-state index contributed by atoms with van der Waals surface area (Å²) >= 11 is 12.0. The molecule has 0 bridgehead atoms. The van der Waals surface area contributed by atoms with Crippen LogP contribution in [0.3, 0.4) is 0 Å². The van der Waals surface area contributed by atoms with E-state index >= 15 is 0 Å². The van der Waals surface area contributed by atoms with E-state index in [2.05, 4.69) is 10.3 Å². The fraction of sp³-hybridized carbons (Fsp3) is 0.250. The van der Waals surface area contributed by atoms with Crippen molar-refractivity contribution < 1.29 is 9.53 Å². The first kappa shape index (κ1) is 16.1. The number of nitrogens with one attached hydrogen (secondary N) is 1. The van der Waals surface area contributed by atoms with Gasteiger partial charge in [0.25, 0.3) is 5.91 Å². The third-order valence-corrected chi connectivity index (χ3v) is 3.87. The summed E-state index contributed by atoms with van der Waals surface area (Å²) in [5.41, 5.74) is 1.97. The number of ether oxygens (including phenoxy) is 1. The number of nitrogens with zero attached hydrogens (tertiary/aromatic N) is 2. The lowest BCUT2D eigenvalue weighted by molar-refractivity contribution is 0.0302. The molecular weight excluding hydrogens is 337 g/mol. The van der Waals surface area contributed by atoms with Crippen LogP contribution >= 0.6 is 23.2 Å². The smallest absolute Gasteiger partial charge is 0.255 e. The zero-order chi connectivity index (χ0) is 16.2. The summed E-state index contributed by atoms with van der Waals surface area (Å²) in [7, 11) is 0. The first-order chi connectivity index (χ1) is 11.1. The molecule has 1 aliphatic heterocycles. The number of carbonyl (C=O) groups excluding carboxylic acids is 1. The van der Waals surface area contributed by atoms with Crippen LogP contribution in [-0.2, 0) is 4.74 Å². The summed E-state index contributed by atoms with van der Waals surface area (Å²) in [4.78, 5) is 18.4. The molecule has 2 aromatic rings. The summed E-state index contributed by atoms with van der Waals surface area (Å²) < 4.78 is 5.26. The van der Waals surface area contributed by atoms with Gasteiger partial charge in [-0.3, -0.25) is 9.78 Å². The van der Waals surface area contributed by atoms with Gasteiger partial charge in [0.2, 0.25) is 0 Å². The van der Waals surface area contributed by atoms with Crippen molar-refractivity contribution in [1.29, 1.82) is 0 Å². The van der Waals surface area contributed by atoms with Gasteiger partial charge in [-0.15, -0.1) is 0 Å². The van der Waals surface area contributed by atoms with Crippen molar-refractivity contribution in [2.24, 2.45) is 0 Å². The molecule has 120 valence electrons. The van der Waals surface area contributed by atoms with Crippen LogP contribution in [0.15, 0.2) is 36.7 Å². The van der Waals surface area contributed by atoms with E-state index in [1.54, 1.807) is 41.6 Å². The quantitative estimate of drug-likeness (QED) is 0.917. The molecule has 23 heavy (non-hydrogen) atoms. The summed E-state index contributed by atoms with van der Waals surface area (Å²) in [6.07, 6.45) is 3.21. The maximum absolute atomic E-state index is 12.5. The minimum atomic E-state index is -0.0476. The molecular formula is C16H15Cl2N3O2. The normalized spacial score (nSPS) is 14.6. The number of rotatable bonds is 3. The molecule has 0 radical (unpaired) electrons. The Morgan fingerprint density at radius 1 is 1.04 bits per heavy atom. The van der Waals surface area contributed by atoms with Crippen molar-refractivity contribution in [3.63, 3.8) is 0 Å². The van der Waals surface area contributed by atoms with Crippen LogP contribution in [-0.4, -0.2) is 42.1 Å². The van der Waals surface area contributed by atoms with Gasteiger partial charge in [0.1, 0.15) is 0 Å². The number of anilines is 2. The van der Waals surface area contributed by atoms with Gasteiger partial charge in [0, 0.05) is 35.0 Å². The van der Waals surface area contributed by atoms with Crippen molar-refractivity contribution in [2.75, 3.05) is 31.6 Å².